The maximum absolute atomic E-state index is 11.0. The predicted molar refractivity (Wildman–Crippen MR) is 42.7 cm³/mol. The quantitative estimate of drug-likeness (QED) is 0.508. The predicted octanol–water partition coefficient (Wildman–Crippen LogP) is -0.503. The zero-order chi connectivity index (χ0) is 9.41. The van der Waals surface area contributed by atoms with Crippen LogP contribution < -0.4 is 0 Å². The largest absolute Gasteiger partial charge is 0.282 e. The second-order valence-corrected chi connectivity index (χ2v) is 6.96. The van der Waals surface area contributed by atoms with Gasteiger partial charge in [-0.05, 0) is 13.3 Å². The summed E-state index contributed by atoms with van der Waals surface area (Å²) >= 11 is 0. The van der Waals surface area contributed by atoms with Crippen molar-refractivity contribution in [1.29, 1.82) is 0 Å². The SMILES string of the molecule is CC1CCS(=O)(=O)CS(=O)(=O)O1. The standard InChI is InChI=1S/C5H10O5S2/c1-5-2-3-11(6,7)4-12(8,9)10-5/h5H,2-4H2,1H3. The summed E-state index contributed by atoms with van der Waals surface area (Å²) in [5.41, 5.74) is 0. The molecule has 12 heavy (non-hydrogen) atoms. The van der Waals surface area contributed by atoms with Crippen molar-refractivity contribution >= 4 is 20.0 Å². The van der Waals surface area contributed by atoms with Crippen LogP contribution in [0.4, 0.5) is 0 Å². The molecule has 0 aliphatic carbocycles. The van der Waals surface area contributed by atoms with E-state index < -0.39 is 31.1 Å². The van der Waals surface area contributed by atoms with Crippen LogP contribution in [0.15, 0.2) is 0 Å². The first kappa shape index (κ1) is 9.94. The van der Waals surface area contributed by atoms with Crippen molar-refractivity contribution in [2.45, 2.75) is 19.4 Å². The fourth-order valence-electron chi connectivity index (χ4n) is 0.951. The lowest BCUT2D eigenvalue weighted by Crippen LogP contribution is -2.17. The fourth-order valence-corrected chi connectivity index (χ4v) is 4.69. The van der Waals surface area contributed by atoms with Crippen molar-refractivity contribution in [3.8, 4) is 0 Å². The second kappa shape index (κ2) is 2.97. The van der Waals surface area contributed by atoms with Crippen LogP contribution >= 0.6 is 0 Å². The second-order valence-electron chi connectivity index (χ2n) is 2.82. The van der Waals surface area contributed by atoms with Gasteiger partial charge >= 0.3 is 0 Å². The molecular formula is C5H10O5S2. The van der Waals surface area contributed by atoms with E-state index in [2.05, 4.69) is 4.18 Å². The minimum Gasteiger partial charge on any atom is -0.266 e. The van der Waals surface area contributed by atoms with E-state index in [1.54, 1.807) is 6.92 Å². The van der Waals surface area contributed by atoms with Crippen molar-refractivity contribution in [2.75, 3.05) is 10.8 Å². The van der Waals surface area contributed by atoms with Crippen LogP contribution in [0.1, 0.15) is 13.3 Å². The number of hydrogen-bond donors (Lipinski definition) is 0. The van der Waals surface area contributed by atoms with Gasteiger partial charge in [0.15, 0.2) is 14.9 Å². The Morgan fingerprint density at radius 2 is 1.83 bits per heavy atom. The summed E-state index contributed by atoms with van der Waals surface area (Å²) in [6.45, 7) is 1.54. The van der Waals surface area contributed by atoms with Gasteiger partial charge in [-0.1, -0.05) is 0 Å². The molecule has 0 amide bonds. The van der Waals surface area contributed by atoms with Gasteiger partial charge in [0, 0.05) is 0 Å². The molecule has 1 aliphatic heterocycles. The van der Waals surface area contributed by atoms with Crippen LogP contribution in [0, 0.1) is 0 Å². The molecule has 1 aliphatic rings. The summed E-state index contributed by atoms with van der Waals surface area (Å²) in [6.07, 6.45) is -0.297. The van der Waals surface area contributed by atoms with E-state index in [0.717, 1.165) is 0 Å². The zero-order valence-corrected chi connectivity index (χ0v) is 8.19. The average Bonchev–Trinajstić information content (AvgIpc) is 1.86. The first-order chi connectivity index (χ1) is 5.31. The van der Waals surface area contributed by atoms with Gasteiger partial charge in [0.05, 0.1) is 11.9 Å². The molecule has 0 aromatic carbocycles. The van der Waals surface area contributed by atoms with E-state index >= 15 is 0 Å². The molecule has 1 rings (SSSR count). The molecule has 1 atom stereocenters. The van der Waals surface area contributed by atoms with Gasteiger partial charge in [-0.25, -0.2) is 8.42 Å². The number of sulfone groups is 1. The van der Waals surface area contributed by atoms with Crippen molar-refractivity contribution in [1.82, 2.24) is 0 Å². The Morgan fingerprint density at radius 1 is 1.25 bits per heavy atom. The Kier molecular flexibility index (Phi) is 2.46. The molecule has 1 heterocycles. The van der Waals surface area contributed by atoms with E-state index in [-0.39, 0.29) is 12.2 Å². The Hall–Kier alpha value is -0.140. The van der Waals surface area contributed by atoms with E-state index in [4.69, 9.17) is 0 Å². The van der Waals surface area contributed by atoms with Crippen molar-refractivity contribution in [3.63, 3.8) is 0 Å². The molecule has 0 spiro atoms. The van der Waals surface area contributed by atoms with E-state index in [9.17, 15) is 16.8 Å². The Bertz CT molecular complexity index is 351. The molecule has 0 aromatic rings. The van der Waals surface area contributed by atoms with Gasteiger partial charge < -0.3 is 0 Å². The third-order valence-electron chi connectivity index (χ3n) is 1.47. The van der Waals surface area contributed by atoms with Crippen molar-refractivity contribution < 1.29 is 21.0 Å². The van der Waals surface area contributed by atoms with Gasteiger partial charge in [-0.15, -0.1) is 0 Å². The average molecular weight is 214 g/mol. The molecular weight excluding hydrogens is 204 g/mol. The molecule has 0 N–H and O–H groups in total. The molecule has 0 bridgehead atoms. The fraction of sp³-hybridized carbons (Fsp3) is 1.00. The normalized spacial score (nSPS) is 33.9. The summed E-state index contributed by atoms with van der Waals surface area (Å²) in [5, 5.41) is -0.885. The summed E-state index contributed by atoms with van der Waals surface area (Å²) in [7, 11) is -7.34. The molecule has 0 radical (unpaired) electrons. The van der Waals surface area contributed by atoms with Crippen LogP contribution in [-0.2, 0) is 24.1 Å². The molecule has 1 saturated heterocycles. The van der Waals surface area contributed by atoms with Crippen LogP contribution in [0.25, 0.3) is 0 Å². The summed E-state index contributed by atoms with van der Waals surface area (Å²) in [4.78, 5) is 0. The molecule has 1 fully saturated rings. The van der Waals surface area contributed by atoms with Crippen LogP contribution in [-0.4, -0.2) is 33.8 Å². The minimum atomic E-state index is -3.86. The zero-order valence-electron chi connectivity index (χ0n) is 6.56. The molecule has 5 nitrogen and oxygen atoms in total. The van der Waals surface area contributed by atoms with E-state index in [1.807, 2.05) is 0 Å². The van der Waals surface area contributed by atoms with Gasteiger partial charge in [0.1, 0.15) is 0 Å². The van der Waals surface area contributed by atoms with Gasteiger partial charge in [0.2, 0.25) is 0 Å². The van der Waals surface area contributed by atoms with E-state index in [0.29, 0.717) is 0 Å². The van der Waals surface area contributed by atoms with Gasteiger partial charge in [0.25, 0.3) is 10.1 Å². The summed E-state index contributed by atoms with van der Waals surface area (Å²) in [5.74, 6) is -0.118. The maximum Gasteiger partial charge on any atom is 0.282 e. The molecule has 1 unspecified atom stereocenters. The molecule has 0 aromatic heterocycles. The summed E-state index contributed by atoms with van der Waals surface area (Å²) < 4.78 is 48.3. The highest BCUT2D eigenvalue weighted by Crippen LogP contribution is 2.14. The highest BCUT2D eigenvalue weighted by molar-refractivity contribution is 8.06. The lowest BCUT2D eigenvalue weighted by atomic mass is 10.3. The summed E-state index contributed by atoms with van der Waals surface area (Å²) in [6, 6.07) is 0. The lowest BCUT2D eigenvalue weighted by molar-refractivity contribution is 0.229. The minimum absolute atomic E-state index is 0.118. The number of rotatable bonds is 0. The topological polar surface area (TPSA) is 77.5 Å². The third-order valence-corrected chi connectivity index (χ3v) is 5.54. The van der Waals surface area contributed by atoms with Gasteiger partial charge in [-0.3, -0.25) is 4.18 Å². The Labute approximate surface area is 71.8 Å². The molecule has 7 heteroatoms. The smallest absolute Gasteiger partial charge is 0.266 e. The van der Waals surface area contributed by atoms with Crippen molar-refractivity contribution in [2.24, 2.45) is 0 Å². The van der Waals surface area contributed by atoms with Crippen LogP contribution in [0.3, 0.4) is 0 Å². The third kappa shape index (κ3) is 2.72. The Balaban J connectivity index is 3.00. The highest BCUT2D eigenvalue weighted by atomic mass is 32.3. The molecule has 72 valence electrons. The number of hydrogen-bond acceptors (Lipinski definition) is 5. The van der Waals surface area contributed by atoms with Crippen LogP contribution in [0.2, 0.25) is 0 Å². The monoisotopic (exact) mass is 214 g/mol. The Morgan fingerprint density at radius 3 is 2.42 bits per heavy atom. The molecule has 0 saturated carbocycles. The maximum atomic E-state index is 11.0. The highest BCUT2D eigenvalue weighted by Gasteiger charge is 2.29. The van der Waals surface area contributed by atoms with Crippen molar-refractivity contribution in [3.05, 3.63) is 0 Å². The van der Waals surface area contributed by atoms with Gasteiger partial charge in [-0.2, -0.15) is 8.42 Å². The lowest BCUT2D eigenvalue weighted by Gasteiger charge is -2.04. The first-order valence-electron chi connectivity index (χ1n) is 3.42. The van der Waals surface area contributed by atoms with Crippen LogP contribution in [0.5, 0.6) is 0 Å². The first-order valence-corrected chi connectivity index (χ1v) is 6.82. The van der Waals surface area contributed by atoms with E-state index in [1.165, 1.54) is 0 Å².